The van der Waals surface area contributed by atoms with E-state index in [0.29, 0.717) is 10.7 Å². The molecule has 3 aromatic rings. The van der Waals surface area contributed by atoms with Crippen LogP contribution in [0.25, 0.3) is 16.8 Å². The molecule has 0 aliphatic carbocycles. The Labute approximate surface area is 125 Å². The number of hydrogen-bond donors (Lipinski definition) is 0. The van der Waals surface area contributed by atoms with Crippen LogP contribution in [-0.4, -0.2) is 9.78 Å². The molecule has 0 atom stereocenters. The number of nitrogens with zero attached hydrogens (tertiary/aromatic N) is 2. The Balaban J connectivity index is 1.97. The lowest BCUT2D eigenvalue weighted by molar-refractivity contribution is 0.626. The van der Waals surface area contributed by atoms with Gasteiger partial charge in [0.15, 0.2) is 0 Å². The molecule has 0 aliphatic rings. The topological polar surface area (TPSA) is 17.8 Å². The molecule has 1 aromatic heterocycles. The van der Waals surface area contributed by atoms with Crippen LogP contribution in [0.2, 0.25) is 10.0 Å². The minimum atomic E-state index is -0.465. The van der Waals surface area contributed by atoms with Gasteiger partial charge in [-0.1, -0.05) is 35.3 Å². The van der Waals surface area contributed by atoms with Gasteiger partial charge in [0.1, 0.15) is 5.82 Å². The van der Waals surface area contributed by atoms with Gasteiger partial charge in [0.05, 0.1) is 16.9 Å². The van der Waals surface area contributed by atoms with Crippen LogP contribution in [-0.2, 0) is 0 Å². The van der Waals surface area contributed by atoms with Gasteiger partial charge in [-0.2, -0.15) is 5.10 Å². The van der Waals surface area contributed by atoms with Crippen molar-refractivity contribution in [2.24, 2.45) is 0 Å². The van der Waals surface area contributed by atoms with Crippen molar-refractivity contribution in [2.75, 3.05) is 0 Å². The fraction of sp³-hybridized carbons (Fsp3) is 0. The first kappa shape index (κ1) is 13.2. The predicted molar refractivity (Wildman–Crippen MR) is 79.0 cm³/mol. The number of hydrogen-bond acceptors (Lipinski definition) is 1. The molecule has 0 saturated carbocycles. The van der Waals surface area contributed by atoms with Gasteiger partial charge < -0.3 is 0 Å². The molecule has 3 rings (SSSR count). The molecule has 0 N–H and O–H groups in total. The molecule has 0 saturated heterocycles. The van der Waals surface area contributed by atoms with E-state index in [1.165, 1.54) is 12.1 Å². The molecule has 5 heteroatoms. The summed E-state index contributed by atoms with van der Waals surface area (Å²) in [5, 5.41) is 5.01. The molecule has 100 valence electrons. The summed E-state index contributed by atoms with van der Waals surface area (Å²) in [5.74, 6) is -0.465. The first-order valence-corrected chi connectivity index (χ1v) is 6.65. The smallest absolute Gasteiger partial charge is 0.143 e. The van der Waals surface area contributed by atoms with E-state index < -0.39 is 5.82 Å². The molecule has 0 aliphatic heterocycles. The fourth-order valence-corrected chi connectivity index (χ4v) is 2.13. The van der Waals surface area contributed by atoms with Crippen molar-refractivity contribution in [3.05, 3.63) is 70.7 Å². The van der Waals surface area contributed by atoms with E-state index in [1.54, 1.807) is 16.9 Å². The Kier molecular flexibility index (Phi) is 3.47. The predicted octanol–water partition coefficient (Wildman–Crippen LogP) is 4.99. The zero-order valence-electron chi connectivity index (χ0n) is 10.2. The van der Waals surface area contributed by atoms with Crippen molar-refractivity contribution in [2.45, 2.75) is 0 Å². The average Bonchev–Trinajstić information content (AvgIpc) is 2.92. The first-order valence-electron chi connectivity index (χ1n) is 5.89. The summed E-state index contributed by atoms with van der Waals surface area (Å²) in [6.45, 7) is 0. The summed E-state index contributed by atoms with van der Waals surface area (Å²) in [6.07, 6.45) is 3.54. The highest BCUT2D eigenvalue weighted by Gasteiger charge is 2.06. The minimum Gasteiger partial charge on any atom is -0.240 e. The monoisotopic (exact) mass is 306 g/mol. The van der Waals surface area contributed by atoms with E-state index in [2.05, 4.69) is 5.10 Å². The molecular weight excluding hydrogens is 298 g/mol. The average molecular weight is 307 g/mol. The van der Waals surface area contributed by atoms with Crippen LogP contribution in [0.3, 0.4) is 0 Å². The van der Waals surface area contributed by atoms with E-state index in [1.807, 2.05) is 30.5 Å². The Morgan fingerprint density at radius 3 is 2.40 bits per heavy atom. The lowest BCUT2D eigenvalue weighted by Crippen LogP contribution is -1.94. The second kappa shape index (κ2) is 5.27. The van der Waals surface area contributed by atoms with Crippen molar-refractivity contribution >= 4 is 23.2 Å². The molecule has 0 bridgehead atoms. The SMILES string of the molecule is Fc1cc(-n2cc(-c3ccc(Cl)cc3)cn2)ccc1Cl. The van der Waals surface area contributed by atoms with Gasteiger partial charge in [-0.25, -0.2) is 9.07 Å². The maximum absolute atomic E-state index is 13.5. The molecular formula is C15H9Cl2FN2. The molecule has 0 amide bonds. The molecule has 20 heavy (non-hydrogen) atoms. The summed E-state index contributed by atoms with van der Waals surface area (Å²) in [6, 6.07) is 12.0. The number of halogens is 3. The number of aromatic nitrogens is 2. The second-order valence-electron chi connectivity index (χ2n) is 4.28. The van der Waals surface area contributed by atoms with Crippen molar-refractivity contribution in [3.63, 3.8) is 0 Å². The lowest BCUT2D eigenvalue weighted by Gasteiger charge is -2.02. The number of benzene rings is 2. The summed E-state index contributed by atoms with van der Waals surface area (Å²) in [5.41, 5.74) is 2.54. The Hall–Kier alpha value is -1.84. The van der Waals surface area contributed by atoms with Crippen LogP contribution in [0, 0.1) is 5.82 Å². The first-order chi connectivity index (χ1) is 9.63. The van der Waals surface area contributed by atoms with Gasteiger partial charge in [0.2, 0.25) is 0 Å². The number of rotatable bonds is 2. The quantitative estimate of drug-likeness (QED) is 0.652. The van der Waals surface area contributed by atoms with E-state index in [-0.39, 0.29) is 5.02 Å². The van der Waals surface area contributed by atoms with E-state index in [4.69, 9.17) is 23.2 Å². The summed E-state index contributed by atoms with van der Waals surface area (Å²) >= 11 is 11.5. The van der Waals surface area contributed by atoms with Crippen LogP contribution in [0.4, 0.5) is 4.39 Å². The van der Waals surface area contributed by atoms with Crippen LogP contribution in [0.1, 0.15) is 0 Å². The van der Waals surface area contributed by atoms with Gasteiger partial charge in [0.25, 0.3) is 0 Å². The Morgan fingerprint density at radius 2 is 1.70 bits per heavy atom. The van der Waals surface area contributed by atoms with Gasteiger partial charge in [-0.05, 0) is 29.8 Å². The van der Waals surface area contributed by atoms with Crippen LogP contribution < -0.4 is 0 Å². The maximum Gasteiger partial charge on any atom is 0.143 e. The molecule has 0 spiro atoms. The van der Waals surface area contributed by atoms with E-state index >= 15 is 0 Å². The Morgan fingerprint density at radius 1 is 0.950 bits per heavy atom. The van der Waals surface area contributed by atoms with Crippen LogP contribution in [0.15, 0.2) is 54.9 Å². The Bertz CT molecular complexity index is 751. The largest absolute Gasteiger partial charge is 0.240 e. The van der Waals surface area contributed by atoms with Crippen molar-refractivity contribution in [1.29, 1.82) is 0 Å². The minimum absolute atomic E-state index is 0.0961. The van der Waals surface area contributed by atoms with Gasteiger partial charge >= 0.3 is 0 Å². The summed E-state index contributed by atoms with van der Waals surface area (Å²) in [7, 11) is 0. The summed E-state index contributed by atoms with van der Waals surface area (Å²) < 4.78 is 15.1. The van der Waals surface area contributed by atoms with Gasteiger partial charge in [-0.3, -0.25) is 0 Å². The van der Waals surface area contributed by atoms with Crippen molar-refractivity contribution in [1.82, 2.24) is 9.78 Å². The third-order valence-electron chi connectivity index (χ3n) is 2.93. The van der Waals surface area contributed by atoms with Gasteiger partial charge in [0, 0.05) is 22.8 Å². The molecule has 2 aromatic carbocycles. The lowest BCUT2D eigenvalue weighted by atomic mass is 10.1. The van der Waals surface area contributed by atoms with Crippen molar-refractivity contribution in [3.8, 4) is 16.8 Å². The molecule has 0 unspecified atom stereocenters. The maximum atomic E-state index is 13.5. The highest BCUT2D eigenvalue weighted by Crippen LogP contribution is 2.23. The van der Waals surface area contributed by atoms with Gasteiger partial charge in [-0.15, -0.1) is 0 Å². The van der Waals surface area contributed by atoms with E-state index in [9.17, 15) is 4.39 Å². The zero-order chi connectivity index (χ0) is 14.1. The molecule has 1 heterocycles. The fourth-order valence-electron chi connectivity index (χ4n) is 1.88. The molecule has 0 radical (unpaired) electrons. The third-order valence-corrected chi connectivity index (χ3v) is 3.49. The zero-order valence-corrected chi connectivity index (χ0v) is 11.7. The van der Waals surface area contributed by atoms with E-state index in [0.717, 1.165) is 11.1 Å². The molecule has 0 fully saturated rings. The van der Waals surface area contributed by atoms with Crippen LogP contribution in [0.5, 0.6) is 0 Å². The normalized spacial score (nSPS) is 10.8. The van der Waals surface area contributed by atoms with Crippen LogP contribution >= 0.6 is 23.2 Å². The second-order valence-corrected chi connectivity index (χ2v) is 5.12. The third kappa shape index (κ3) is 2.55. The highest BCUT2D eigenvalue weighted by atomic mass is 35.5. The van der Waals surface area contributed by atoms with Crippen molar-refractivity contribution < 1.29 is 4.39 Å². The summed E-state index contributed by atoms with van der Waals surface area (Å²) in [4.78, 5) is 0. The molecule has 2 nitrogen and oxygen atoms in total. The standard InChI is InChI=1S/C15H9Cl2FN2/c16-12-3-1-10(2-4-12)11-8-19-20(9-11)13-5-6-14(17)15(18)7-13/h1-9H. The highest BCUT2D eigenvalue weighted by molar-refractivity contribution is 6.31.